The normalized spacial score (nSPS) is 23.5. The topological polar surface area (TPSA) is 81.1 Å². The lowest BCUT2D eigenvalue weighted by atomic mass is 10.1. The first-order chi connectivity index (χ1) is 7.96. The molecule has 1 fully saturated rings. The van der Waals surface area contributed by atoms with Crippen molar-refractivity contribution in [2.45, 2.75) is 12.5 Å². The largest absolute Gasteiger partial charge is 0.312 e. The van der Waals surface area contributed by atoms with Crippen molar-refractivity contribution in [2.24, 2.45) is 7.05 Å². The van der Waals surface area contributed by atoms with Gasteiger partial charge in [-0.3, -0.25) is 9.48 Å². The number of aromatic nitrogens is 2. The summed E-state index contributed by atoms with van der Waals surface area (Å²) in [5.41, 5.74) is 0.386. The van der Waals surface area contributed by atoms with Crippen LogP contribution >= 0.6 is 0 Å². The smallest absolute Gasteiger partial charge is 0.184 e. The Balaban J connectivity index is 1.99. The molecule has 7 heteroatoms. The van der Waals surface area contributed by atoms with Gasteiger partial charge in [0, 0.05) is 32.3 Å². The van der Waals surface area contributed by atoms with Crippen LogP contribution < -0.4 is 5.32 Å². The van der Waals surface area contributed by atoms with Crippen LogP contribution in [-0.4, -0.2) is 48.1 Å². The minimum Gasteiger partial charge on any atom is -0.312 e. The lowest BCUT2D eigenvalue weighted by Gasteiger charge is -2.22. The molecule has 1 aromatic heterocycles. The molecule has 17 heavy (non-hydrogen) atoms. The summed E-state index contributed by atoms with van der Waals surface area (Å²) in [5, 5.41) is 7.05. The summed E-state index contributed by atoms with van der Waals surface area (Å²) in [4.78, 5) is 11.8. The lowest BCUT2D eigenvalue weighted by molar-refractivity contribution is 0.0966. The Hall–Kier alpha value is -1.21. The third-order valence-corrected chi connectivity index (χ3v) is 4.47. The predicted octanol–water partition coefficient (Wildman–Crippen LogP) is -0.620. The van der Waals surface area contributed by atoms with Crippen molar-refractivity contribution in [3.63, 3.8) is 0 Å². The van der Waals surface area contributed by atoms with Crippen LogP contribution in [0, 0.1) is 0 Å². The quantitative estimate of drug-likeness (QED) is 0.730. The second-order valence-electron chi connectivity index (χ2n) is 4.27. The molecule has 1 saturated heterocycles. The van der Waals surface area contributed by atoms with Crippen LogP contribution in [0.4, 0.5) is 0 Å². The molecule has 0 bridgehead atoms. The fraction of sp³-hybridized carbons (Fsp3) is 0.600. The van der Waals surface area contributed by atoms with E-state index in [2.05, 4.69) is 10.4 Å². The number of aryl methyl sites for hydroxylation is 1. The maximum Gasteiger partial charge on any atom is 0.184 e. The number of ketones is 1. The van der Waals surface area contributed by atoms with E-state index in [0.717, 1.165) is 0 Å². The van der Waals surface area contributed by atoms with E-state index in [-0.39, 0.29) is 29.8 Å². The first-order valence-electron chi connectivity index (χ1n) is 5.43. The number of sulfone groups is 1. The molecule has 0 saturated carbocycles. The molecule has 6 nitrogen and oxygen atoms in total. The van der Waals surface area contributed by atoms with Gasteiger partial charge >= 0.3 is 0 Å². The van der Waals surface area contributed by atoms with Crippen molar-refractivity contribution in [3.05, 3.63) is 18.0 Å². The van der Waals surface area contributed by atoms with Crippen molar-refractivity contribution in [3.8, 4) is 0 Å². The second-order valence-corrected chi connectivity index (χ2v) is 6.50. The summed E-state index contributed by atoms with van der Waals surface area (Å²) >= 11 is 0. The van der Waals surface area contributed by atoms with Gasteiger partial charge in [0.15, 0.2) is 15.6 Å². The van der Waals surface area contributed by atoms with E-state index >= 15 is 0 Å². The molecule has 1 aliphatic rings. The van der Waals surface area contributed by atoms with Crippen LogP contribution in [0.25, 0.3) is 0 Å². The van der Waals surface area contributed by atoms with Gasteiger partial charge in [-0.1, -0.05) is 0 Å². The van der Waals surface area contributed by atoms with E-state index in [0.29, 0.717) is 12.2 Å². The van der Waals surface area contributed by atoms with E-state index in [1.807, 2.05) is 0 Å². The van der Waals surface area contributed by atoms with Crippen molar-refractivity contribution < 1.29 is 13.2 Å². The van der Waals surface area contributed by atoms with Crippen LogP contribution in [0.2, 0.25) is 0 Å². The zero-order valence-electron chi connectivity index (χ0n) is 9.59. The highest BCUT2D eigenvalue weighted by Crippen LogP contribution is 2.08. The number of nitrogens with zero attached hydrogens (tertiary/aromatic N) is 2. The third-order valence-electron chi connectivity index (χ3n) is 2.73. The summed E-state index contributed by atoms with van der Waals surface area (Å²) in [5.74, 6) is 0.0625. The maximum absolute atomic E-state index is 11.8. The fourth-order valence-electron chi connectivity index (χ4n) is 1.89. The first-order valence-corrected chi connectivity index (χ1v) is 7.25. The lowest BCUT2D eigenvalue weighted by Crippen LogP contribution is -2.46. The molecule has 1 atom stereocenters. The molecule has 1 aliphatic heterocycles. The first kappa shape index (κ1) is 12.3. The summed E-state index contributed by atoms with van der Waals surface area (Å²) in [7, 11) is -1.26. The van der Waals surface area contributed by atoms with E-state index in [9.17, 15) is 13.2 Å². The molecule has 1 unspecified atom stereocenters. The van der Waals surface area contributed by atoms with Gasteiger partial charge in [0.05, 0.1) is 11.5 Å². The third kappa shape index (κ3) is 3.13. The summed E-state index contributed by atoms with van der Waals surface area (Å²) in [6, 6.07) is 1.35. The van der Waals surface area contributed by atoms with Gasteiger partial charge in [-0.2, -0.15) is 5.10 Å². The van der Waals surface area contributed by atoms with Crippen LogP contribution in [0.3, 0.4) is 0 Å². The SMILES string of the molecule is Cn1ccc(C(=O)CC2CS(=O)(=O)CCN2)n1. The standard InChI is InChI=1S/C10H15N3O3S/c1-13-4-2-9(12-13)10(14)6-8-7-17(15,16)5-3-11-8/h2,4,8,11H,3,5-7H2,1H3. The molecule has 94 valence electrons. The number of rotatable bonds is 3. The maximum atomic E-state index is 11.8. The average molecular weight is 257 g/mol. The van der Waals surface area contributed by atoms with Crippen LogP contribution in [0.1, 0.15) is 16.9 Å². The Labute approximate surface area is 99.9 Å². The van der Waals surface area contributed by atoms with E-state index in [1.54, 1.807) is 24.0 Å². The molecule has 0 spiro atoms. The highest BCUT2D eigenvalue weighted by atomic mass is 32.2. The fourth-order valence-corrected chi connectivity index (χ4v) is 3.33. The van der Waals surface area contributed by atoms with Crippen molar-refractivity contribution in [2.75, 3.05) is 18.1 Å². The Morgan fingerprint density at radius 2 is 2.41 bits per heavy atom. The summed E-state index contributed by atoms with van der Waals surface area (Å²) < 4.78 is 24.4. The Bertz CT molecular complexity index is 521. The zero-order chi connectivity index (χ0) is 12.5. The van der Waals surface area contributed by atoms with Crippen molar-refractivity contribution >= 4 is 15.6 Å². The molecule has 0 amide bonds. The van der Waals surface area contributed by atoms with Gasteiger partial charge < -0.3 is 5.32 Å². The molecule has 1 aromatic rings. The zero-order valence-corrected chi connectivity index (χ0v) is 10.4. The molecule has 1 N–H and O–H groups in total. The predicted molar refractivity (Wildman–Crippen MR) is 62.6 cm³/mol. The number of hydrogen-bond donors (Lipinski definition) is 1. The second kappa shape index (κ2) is 4.58. The minimum absolute atomic E-state index is 0.0333. The molecule has 0 radical (unpaired) electrons. The molecule has 2 rings (SSSR count). The number of nitrogens with one attached hydrogen (secondary N) is 1. The highest BCUT2D eigenvalue weighted by molar-refractivity contribution is 7.91. The highest BCUT2D eigenvalue weighted by Gasteiger charge is 2.26. The number of carbonyl (C=O) groups is 1. The van der Waals surface area contributed by atoms with Crippen molar-refractivity contribution in [1.29, 1.82) is 0 Å². The van der Waals surface area contributed by atoms with E-state index in [4.69, 9.17) is 0 Å². The van der Waals surface area contributed by atoms with Gasteiger partial charge in [-0.15, -0.1) is 0 Å². The summed E-state index contributed by atoms with van der Waals surface area (Å²) in [6.07, 6.45) is 1.87. The van der Waals surface area contributed by atoms with Gasteiger partial charge in [-0.05, 0) is 6.07 Å². The Morgan fingerprint density at radius 3 is 3.00 bits per heavy atom. The summed E-state index contributed by atoms with van der Waals surface area (Å²) in [6.45, 7) is 0.419. The Morgan fingerprint density at radius 1 is 1.65 bits per heavy atom. The molecule has 0 aliphatic carbocycles. The molecular formula is C10H15N3O3S. The van der Waals surface area contributed by atoms with Gasteiger partial charge in [-0.25, -0.2) is 8.42 Å². The Kier molecular flexibility index (Phi) is 3.30. The van der Waals surface area contributed by atoms with Gasteiger partial charge in [0.2, 0.25) is 0 Å². The molecule has 2 heterocycles. The monoisotopic (exact) mass is 257 g/mol. The van der Waals surface area contributed by atoms with Crippen LogP contribution in [-0.2, 0) is 16.9 Å². The van der Waals surface area contributed by atoms with Crippen molar-refractivity contribution in [1.82, 2.24) is 15.1 Å². The molecular weight excluding hydrogens is 242 g/mol. The molecule has 0 aromatic carbocycles. The van der Waals surface area contributed by atoms with E-state index < -0.39 is 9.84 Å². The number of carbonyl (C=O) groups excluding carboxylic acids is 1. The minimum atomic E-state index is -2.99. The van der Waals surface area contributed by atoms with E-state index in [1.165, 1.54) is 0 Å². The van der Waals surface area contributed by atoms with Crippen LogP contribution in [0.5, 0.6) is 0 Å². The number of Topliss-reactive ketones (excluding diaryl/α,β-unsaturated/α-hetero) is 1. The van der Waals surface area contributed by atoms with Gasteiger partial charge in [0.25, 0.3) is 0 Å². The van der Waals surface area contributed by atoms with Crippen LogP contribution in [0.15, 0.2) is 12.3 Å². The van der Waals surface area contributed by atoms with Gasteiger partial charge in [0.1, 0.15) is 5.69 Å². The number of hydrogen-bond acceptors (Lipinski definition) is 5. The average Bonchev–Trinajstić information content (AvgIpc) is 2.63.